The van der Waals surface area contributed by atoms with Gasteiger partial charge in [-0.15, -0.1) is 0 Å². The molecule has 0 amide bonds. The fraction of sp³-hybridized carbons (Fsp3) is 0.294. The van der Waals surface area contributed by atoms with Crippen molar-refractivity contribution in [2.24, 2.45) is 0 Å². The average Bonchev–Trinajstić information content (AvgIpc) is 3.17. The zero-order valence-corrected chi connectivity index (χ0v) is 12.6. The van der Waals surface area contributed by atoms with Gasteiger partial charge in [0, 0.05) is 12.5 Å². The van der Waals surface area contributed by atoms with Crippen LogP contribution in [0.15, 0.2) is 27.6 Å². The second-order valence-corrected chi connectivity index (χ2v) is 6.04. The smallest absolute Gasteiger partial charge is 0.347 e. The Labute approximate surface area is 135 Å². The molecule has 3 aliphatic rings. The number of methoxy groups -OCH3 is 1. The van der Waals surface area contributed by atoms with Crippen LogP contribution in [0.25, 0.3) is 11.0 Å². The van der Waals surface area contributed by atoms with Crippen molar-refractivity contribution in [3.63, 3.8) is 0 Å². The first-order chi connectivity index (χ1) is 11.5. The summed E-state index contributed by atoms with van der Waals surface area (Å²) < 4.78 is 21.7. The molecule has 0 fully saturated rings. The van der Waals surface area contributed by atoms with Gasteiger partial charge in [-0.3, -0.25) is 4.79 Å². The van der Waals surface area contributed by atoms with E-state index in [1.807, 2.05) is 0 Å². The minimum absolute atomic E-state index is 0.0708. The lowest BCUT2D eigenvalue weighted by molar-refractivity contribution is -0.109. The van der Waals surface area contributed by atoms with E-state index >= 15 is 0 Å². The van der Waals surface area contributed by atoms with Crippen LogP contribution in [0.4, 0.5) is 0 Å². The molecule has 7 heteroatoms. The lowest BCUT2D eigenvalue weighted by Crippen LogP contribution is -2.33. The zero-order chi connectivity index (χ0) is 16.6. The number of hydrogen-bond acceptors (Lipinski definition) is 7. The molecular formula is C17H12O7. The summed E-state index contributed by atoms with van der Waals surface area (Å²) in [5.74, 6) is 0.509. The number of carbonyl (C=O) groups is 1. The van der Waals surface area contributed by atoms with Crippen LogP contribution >= 0.6 is 0 Å². The molecule has 2 aliphatic heterocycles. The van der Waals surface area contributed by atoms with E-state index in [9.17, 15) is 14.7 Å². The Morgan fingerprint density at radius 3 is 2.96 bits per heavy atom. The number of carbonyl (C=O) groups excluding carboxylic acids is 1. The van der Waals surface area contributed by atoms with Gasteiger partial charge >= 0.3 is 5.63 Å². The first-order valence-electron chi connectivity index (χ1n) is 7.51. The average molecular weight is 328 g/mol. The van der Waals surface area contributed by atoms with Gasteiger partial charge in [0.15, 0.2) is 17.0 Å². The topological polar surface area (TPSA) is 95.2 Å². The standard InChI is InChI=1S/C17H12O7/c1-21-9-6-10-13(17(20)4-5-22-16(17)23-10)14-12(9)7-2-3-8(18)11(7)15(19)24-14/h4-6,16,20H,2-3H2,1H3/t16-,17+/m1/s1. The Morgan fingerprint density at radius 1 is 1.33 bits per heavy atom. The molecule has 2 aromatic rings. The lowest BCUT2D eigenvalue weighted by atomic mass is 9.92. The predicted octanol–water partition coefficient (Wildman–Crippen LogP) is 1.38. The van der Waals surface area contributed by atoms with Crippen LogP contribution in [0.3, 0.4) is 0 Å². The molecule has 5 rings (SSSR count). The number of Topliss-reactive ketones (excluding diaryl/α,β-unsaturated/α-hetero) is 1. The first-order valence-corrected chi connectivity index (χ1v) is 7.51. The zero-order valence-electron chi connectivity index (χ0n) is 12.6. The van der Waals surface area contributed by atoms with E-state index in [1.165, 1.54) is 19.4 Å². The quantitative estimate of drug-likeness (QED) is 0.790. The van der Waals surface area contributed by atoms with Crippen molar-refractivity contribution >= 4 is 16.8 Å². The largest absolute Gasteiger partial charge is 0.496 e. The Bertz CT molecular complexity index is 1020. The van der Waals surface area contributed by atoms with Crippen LogP contribution in [-0.2, 0) is 16.8 Å². The molecule has 0 bridgehead atoms. The van der Waals surface area contributed by atoms with Crippen LogP contribution in [0, 0.1) is 0 Å². The maximum Gasteiger partial charge on any atom is 0.347 e. The number of benzene rings is 1. The molecule has 0 spiro atoms. The van der Waals surface area contributed by atoms with Crippen molar-refractivity contribution in [2.45, 2.75) is 24.7 Å². The van der Waals surface area contributed by atoms with E-state index in [0.717, 1.165) is 0 Å². The summed E-state index contributed by atoms with van der Waals surface area (Å²) in [5.41, 5.74) is -1.10. The predicted molar refractivity (Wildman–Crippen MR) is 80.2 cm³/mol. The monoisotopic (exact) mass is 328 g/mol. The van der Waals surface area contributed by atoms with Gasteiger partial charge in [-0.05, 0) is 18.1 Å². The molecule has 7 nitrogen and oxygen atoms in total. The molecule has 1 aliphatic carbocycles. The molecule has 0 radical (unpaired) electrons. The Hall–Kier alpha value is -2.80. The number of aliphatic hydroxyl groups is 1. The number of ether oxygens (including phenoxy) is 3. The van der Waals surface area contributed by atoms with Crippen LogP contribution in [-0.4, -0.2) is 24.3 Å². The number of aryl methyl sites for hydroxylation is 1. The normalized spacial score (nSPS) is 26.1. The van der Waals surface area contributed by atoms with E-state index in [2.05, 4.69) is 0 Å². The molecule has 0 unspecified atom stereocenters. The summed E-state index contributed by atoms with van der Waals surface area (Å²) in [6.45, 7) is 0. The third-order valence-electron chi connectivity index (χ3n) is 4.83. The highest BCUT2D eigenvalue weighted by Crippen LogP contribution is 2.52. The number of rotatable bonds is 1. The molecular weight excluding hydrogens is 316 g/mol. The summed E-state index contributed by atoms with van der Waals surface area (Å²) in [6, 6.07) is 1.62. The number of hydrogen-bond donors (Lipinski definition) is 1. The molecule has 0 saturated carbocycles. The number of fused-ring (bicyclic) bond motifs is 7. The minimum Gasteiger partial charge on any atom is -0.496 e. The van der Waals surface area contributed by atoms with Gasteiger partial charge in [0.25, 0.3) is 6.29 Å². The summed E-state index contributed by atoms with van der Waals surface area (Å²) in [6.07, 6.45) is 2.54. The Kier molecular flexibility index (Phi) is 2.37. The van der Waals surface area contributed by atoms with Crippen molar-refractivity contribution in [1.82, 2.24) is 0 Å². The van der Waals surface area contributed by atoms with Crippen LogP contribution in [0.5, 0.6) is 11.5 Å². The second kappa shape index (κ2) is 4.18. The van der Waals surface area contributed by atoms with E-state index in [0.29, 0.717) is 34.4 Å². The summed E-state index contributed by atoms with van der Waals surface area (Å²) in [7, 11) is 1.48. The third-order valence-corrected chi connectivity index (χ3v) is 4.83. The van der Waals surface area contributed by atoms with Gasteiger partial charge in [0.1, 0.15) is 17.1 Å². The van der Waals surface area contributed by atoms with Gasteiger partial charge < -0.3 is 23.7 Å². The molecule has 3 heterocycles. The van der Waals surface area contributed by atoms with Crippen molar-refractivity contribution in [3.05, 3.63) is 45.5 Å². The summed E-state index contributed by atoms with van der Waals surface area (Å²) in [4.78, 5) is 24.3. The SMILES string of the molecule is COc1cc2c(c3oc(=O)c4c(c13)CCC4=O)[C@@]1(O)C=CO[C@@H]1O2. The van der Waals surface area contributed by atoms with Crippen molar-refractivity contribution in [1.29, 1.82) is 0 Å². The highest BCUT2D eigenvalue weighted by molar-refractivity contribution is 6.06. The van der Waals surface area contributed by atoms with E-state index in [-0.39, 0.29) is 23.4 Å². The van der Waals surface area contributed by atoms with Crippen LogP contribution < -0.4 is 15.1 Å². The van der Waals surface area contributed by atoms with Crippen molar-refractivity contribution in [3.8, 4) is 11.5 Å². The van der Waals surface area contributed by atoms with Crippen LogP contribution in [0.2, 0.25) is 0 Å². The molecule has 1 aromatic carbocycles. The molecule has 2 atom stereocenters. The molecule has 0 saturated heterocycles. The lowest BCUT2D eigenvalue weighted by Gasteiger charge is -2.19. The van der Waals surface area contributed by atoms with Crippen molar-refractivity contribution < 1.29 is 28.5 Å². The van der Waals surface area contributed by atoms with Gasteiger partial charge in [0.05, 0.1) is 24.3 Å². The van der Waals surface area contributed by atoms with Gasteiger partial charge in [0.2, 0.25) is 0 Å². The Morgan fingerprint density at radius 2 is 2.17 bits per heavy atom. The number of ketones is 1. The van der Waals surface area contributed by atoms with E-state index in [1.54, 1.807) is 6.07 Å². The Balaban J connectivity index is 1.97. The summed E-state index contributed by atoms with van der Waals surface area (Å²) >= 11 is 0. The first kappa shape index (κ1) is 13.6. The molecule has 24 heavy (non-hydrogen) atoms. The van der Waals surface area contributed by atoms with E-state index in [4.69, 9.17) is 18.6 Å². The molecule has 122 valence electrons. The van der Waals surface area contributed by atoms with Gasteiger partial charge in [-0.1, -0.05) is 0 Å². The highest BCUT2D eigenvalue weighted by atomic mass is 16.7. The van der Waals surface area contributed by atoms with Gasteiger partial charge in [-0.2, -0.15) is 0 Å². The van der Waals surface area contributed by atoms with E-state index < -0.39 is 17.5 Å². The fourth-order valence-electron chi connectivity index (χ4n) is 3.75. The highest BCUT2D eigenvalue weighted by Gasteiger charge is 2.53. The van der Waals surface area contributed by atoms with Crippen molar-refractivity contribution in [2.75, 3.05) is 7.11 Å². The minimum atomic E-state index is -1.55. The fourth-order valence-corrected chi connectivity index (χ4v) is 3.75. The maximum absolute atomic E-state index is 12.3. The maximum atomic E-state index is 12.3. The summed E-state index contributed by atoms with van der Waals surface area (Å²) in [5, 5.41) is 11.5. The van der Waals surface area contributed by atoms with Gasteiger partial charge in [-0.25, -0.2) is 4.79 Å². The van der Waals surface area contributed by atoms with Crippen LogP contribution in [0.1, 0.15) is 27.9 Å². The second-order valence-electron chi connectivity index (χ2n) is 6.04. The third kappa shape index (κ3) is 1.41. The molecule has 1 aromatic heterocycles. The molecule has 1 N–H and O–H groups in total.